The highest BCUT2D eigenvalue weighted by molar-refractivity contribution is 9.10. The number of rotatable bonds is 4. The van der Waals surface area contributed by atoms with Gasteiger partial charge in [0.1, 0.15) is 17.4 Å². The summed E-state index contributed by atoms with van der Waals surface area (Å²) in [5.74, 6) is 0.335. The summed E-state index contributed by atoms with van der Waals surface area (Å²) < 4.78 is 18.3. The van der Waals surface area contributed by atoms with Crippen LogP contribution in [-0.2, 0) is 11.2 Å². The van der Waals surface area contributed by atoms with Crippen molar-refractivity contribution in [2.45, 2.75) is 6.42 Å². The number of pyridine rings is 1. The number of methoxy groups -OCH3 is 1. The van der Waals surface area contributed by atoms with E-state index in [1.165, 1.54) is 6.07 Å². The van der Waals surface area contributed by atoms with E-state index in [0.717, 1.165) is 17.5 Å². The molecule has 2 aromatic rings. The van der Waals surface area contributed by atoms with E-state index < -0.39 is 5.82 Å². The van der Waals surface area contributed by atoms with Gasteiger partial charge in [0.2, 0.25) is 5.91 Å². The fraction of sp³-hybridized carbons (Fsp3) is 0.143. The number of ether oxygens (including phenoxy) is 1. The van der Waals surface area contributed by atoms with Gasteiger partial charge in [-0.1, -0.05) is 12.1 Å². The van der Waals surface area contributed by atoms with Gasteiger partial charge in [0.25, 0.3) is 0 Å². The van der Waals surface area contributed by atoms with Gasteiger partial charge in [0.05, 0.1) is 24.2 Å². The second-order valence-corrected chi connectivity index (χ2v) is 4.91. The van der Waals surface area contributed by atoms with E-state index in [2.05, 4.69) is 26.2 Å². The van der Waals surface area contributed by atoms with Crippen LogP contribution in [-0.4, -0.2) is 18.0 Å². The lowest BCUT2D eigenvalue weighted by Gasteiger charge is -2.07. The number of carbonyl (C=O) groups excluding carboxylic acids is 1. The normalized spacial score (nSPS) is 10.2. The molecule has 0 spiro atoms. The molecule has 0 fully saturated rings. The Hall–Kier alpha value is -1.95. The van der Waals surface area contributed by atoms with Crippen LogP contribution >= 0.6 is 15.9 Å². The summed E-state index contributed by atoms with van der Waals surface area (Å²) in [6.45, 7) is 0. The molecular formula is C14H12BrFN2O2. The topological polar surface area (TPSA) is 51.2 Å². The van der Waals surface area contributed by atoms with E-state index in [-0.39, 0.29) is 12.3 Å². The molecule has 0 saturated carbocycles. The van der Waals surface area contributed by atoms with Gasteiger partial charge in [-0.25, -0.2) is 9.37 Å². The van der Waals surface area contributed by atoms with Crippen LogP contribution in [0.15, 0.2) is 41.0 Å². The number of benzene rings is 1. The quantitative estimate of drug-likeness (QED) is 0.931. The predicted octanol–water partition coefficient (Wildman–Crippen LogP) is 3.17. The molecule has 1 heterocycles. The van der Waals surface area contributed by atoms with Crippen LogP contribution in [0.2, 0.25) is 0 Å². The average molecular weight is 339 g/mol. The summed E-state index contributed by atoms with van der Waals surface area (Å²) in [6, 6.07) is 8.44. The molecule has 0 bridgehead atoms. The Labute approximate surface area is 124 Å². The molecule has 104 valence electrons. The molecule has 4 nitrogen and oxygen atoms in total. The number of nitrogens with one attached hydrogen (secondary N) is 1. The third-order valence-electron chi connectivity index (χ3n) is 2.59. The number of hydrogen-bond acceptors (Lipinski definition) is 3. The van der Waals surface area contributed by atoms with Gasteiger partial charge in [-0.3, -0.25) is 4.79 Å². The van der Waals surface area contributed by atoms with Crippen LogP contribution in [0.3, 0.4) is 0 Å². The van der Waals surface area contributed by atoms with Gasteiger partial charge in [0.15, 0.2) is 0 Å². The van der Waals surface area contributed by atoms with Crippen molar-refractivity contribution in [3.63, 3.8) is 0 Å². The molecule has 0 aliphatic heterocycles. The fourth-order valence-corrected chi connectivity index (χ4v) is 2.03. The predicted molar refractivity (Wildman–Crippen MR) is 77.2 cm³/mol. The van der Waals surface area contributed by atoms with Crippen molar-refractivity contribution in [1.29, 1.82) is 0 Å². The number of carbonyl (C=O) groups is 1. The van der Waals surface area contributed by atoms with Crippen LogP contribution < -0.4 is 10.1 Å². The maximum absolute atomic E-state index is 12.9. The number of amides is 1. The minimum atomic E-state index is -0.468. The zero-order valence-electron chi connectivity index (χ0n) is 10.7. The fourth-order valence-electron chi connectivity index (χ4n) is 1.61. The van der Waals surface area contributed by atoms with Gasteiger partial charge < -0.3 is 10.1 Å². The maximum Gasteiger partial charge on any atom is 0.229 e. The molecule has 0 unspecified atom stereocenters. The Balaban J connectivity index is 2.01. The molecule has 0 aliphatic rings. The average Bonchev–Trinajstić information content (AvgIpc) is 2.43. The van der Waals surface area contributed by atoms with E-state index in [1.54, 1.807) is 19.2 Å². The molecule has 20 heavy (non-hydrogen) atoms. The van der Waals surface area contributed by atoms with E-state index >= 15 is 0 Å². The van der Waals surface area contributed by atoms with E-state index in [9.17, 15) is 9.18 Å². The second kappa shape index (κ2) is 6.47. The van der Waals surface area contributed by atoms with Gasteiger partial charge in [0, 0.05) is 0 Å². The van der Waals surface area contributed by atoms with Crippen LogP contribution in [0.4, 0.5) is 10.2 Å². The van der Waals surface area contributed by atoms with Crippen molar-refractivity contribution in [1.82, 2.24) is 4.98 Å². The number of anilines is 1. The summed E-state index contributed by atoms with van der Waals surface area (Å²) in [7, 11) is 1.58. The van der Waals surface area contributed by atoms with Gasteiger partial charge >= 0.3 is 0 Å². The molecule has 1 aromatic carbocycles. The smallest absolute Gasteiger partial charge is 0.229 e. The van der Waals surface area contributed by atoms with Crippen molar-refractivity contribution in [3.05, 3.63) is 52.4 Å². The number of hydrogen-bond donors (Lipinski definition) is 1. The van der Waals surface area contributed by atoms with Crippen molar-refractivity contribution in [2.75, 3.05) is 12.4 Å². The zero-order valence-corrected chi connectivity index (χ0v) is 12.3. The van der Waals surface area contributed by atoms with E-state index in [0.29, 0.717) is 10.3 Å². The summed E-state index contributed by atoms with van der Waals surface area (Å²) in [4.78, 5) is 15.7. The van der Waals surface area contributed by atoms with Crippen molar-refractivity contribution >= 4 is 27.7 Å². The Morgan fingerprint density at radius 2 is 2.10 bits per heavy atom. The van der Waals surface area contributed by atoms with Gasteiger partial charge in [-0.15, -0.1) is 0 Å². The summed E-state index contributed by atoms with van der Waals surface area (Å²) in [6.07, 6.45) is 1.25. The summed E-state index contributed by atoms with van der Waals surface area (Å²) in [5.41, 5.74) is 0.849. The molecule has 0 atom stereocenters. The van der Waals surface area contributed by atoms with Crippen LogP contribution in [0, 0.1) is 5.82 Å². The Morgan fingerprint density at radius 3 is 2.70 bits per heavy atom. The molecular weight excluding hydrogens is 327 g/mol. The minimum Gasteiger partial charge on any atom is -0.497 e. The molecule has 1 aromatic heterocycles. The molecule has 0 aliphatic carbocycles. The lowest BCUT2D eigenvalue weighted by Crippen LogP contribution is -2.15. The van der Waals surface area contributed by atoms with Crippen LogP contribution in [0.1, 0.15) is 5.56 Å². The summed E-state index contributed by atoms with van der Waals surface area (Å²) >= 11 is 3.15. The Bertz CT molecular complexity index is 617. The van der Waals surface area contributed by atoms with Gasteiger partial charge in [-0.2, -0.15) is 0 Å². The molecule has 0 saturated heterocycles. The lowest BCUT2D eigenvalue weighted by atomic mass is 10.1. The third-order valence-corrected chi connectivity index (χ3v) is 3.19. The van der Waals surface area contributed by atoms with Crippen LogP contribution in [0.5, 0.6) is 5.75 Å². The SMILES string of the molecule is COc1ccc(CC(=O)Nc2ncc(F)cc2Br)cc1. The molecule has 1 N–H and O–H groups in total. The first-order valence-electron chi connectivity index (χ1n) is 5.82. The Morgan fingerprint density at radius 1 is 1.40 bits per heavy atom. The maximum atomic E-state index is 12.9. The lowest BCUT2D eigenvalue weighted by molar-refractivity contribution is -0.115. The zero-order chi connectivity index (χ0) is 14.5. The highest BCUT2D eigenvalue weighted by Gasteiger charge is 2.08. The first kappa shape index (κ1) is 14.5. The van der Waals surface area contributed by atoms with Gasteiger partial charge in [-0.05, 0) is 39.7 Å². The monoisotopic (exact) mass is 338 g/mol. The summed E-state index contributed by atoms with van der Waals surface area (Å²) in [5, 5.41) is 2.62. The molecule has 0 radical (unpaired) electrons. The third kappa shape index (κ3) is 3.77. The van der Waals surface area contributed by atoms with Crippen LogP contribution in [0.25, 0.3) is 0 Å². The molecule has 1 amide bonds. The largest absolute Gasteiger partial charge is 0.497 e. The number of aromatic nitrogens is 1. The number of halogens is 2. The van der Waals surface area contributed by atoms with E-state index in [1.807, 2.05) is 12.1 Å². The molecule has 6 heteroatoms. The first-order valence-corrected chi connectivity index (χ1v) is 6.61. The Kier molecular flexibility index (Phi) is 4.68. The first-order chi connectivity index (χ1) is 9.58. The van der Waals surface area contributed by atoms with Crippen molar-refractivity contribution in [3.8, 4) is 5.75 Å². The minimum absolute atomic E-state index is 0.204. The number of nitrogens with zero attached hydrogens (tertiary/aromatic N) is 1. The van der Waals surface area contributed by atoms with Crippen molar-refractivity contribution in [2.24, 2.45) is 0 Å². The van der Waals surface area contributed by atoms with Crippen molar-refractivity contribution < 1.29 is 13.9 Å². The molecule has 2 rings (SSSR count). The highest BCUT2D eigenvalue weighted by atomic mass is 79.9. The van der Waals surface area contributed by atoms with E-state index in [4.69, 9.17) is 4.74 Å². The highest BCUT2D eigenvalue weighted by Crippen LogP contribution is 2.20. The standard InChI is InChI=1S/C14H12BrFN2O2/c1-20-11-4-2-9(3-5-11)6-13(19)18-14-12(15)7-10(16)8-17-14/h2-5,7-8H,6H2,1H3,(H,17,18,19). The second-order valence-electron chi connectivity index (χ2n) is 4.06.